The lowest BCUT2D eigenvalue weighted by molar-refractivity contribution is 0.239. The van der Waals surface area contributed by atoms with Crippen LogP contribution in [-0.4, -0.2) is 24.0 Å². The third-order valence-corrected chi connectivity index (χ3v) is 5.37. The molecule has 1 saturated heterocycles. The first-order chi connectivity index (χ1) is 8.65. The largest absolute Gasteiger partial charge is 0.327 e. The molecule has 1 aliphatic carbocycles. The van der Waals surface area contributed by atoms with Crippen molar-refractivity contribution < 1.29 is 0 Å². The van der Waals surface area contributed by atoms with E-state index < -0.39 is 0 Å². The van der Waals surface area contributed by atoms with Gasteiger partial charge in [-0.15, -0.1) is 0 Å². The number of hydrogen-bond donors (Lipinski definition) is 1. The van der Waals surface area contributed by atoms with E-state index in [9.17, 15) is 0 Å². The topological polar surface area (TPSA) is 29.3 Å². The Morgan fingerprint density at radius 3 is 2.61 bits per heavy atom. The average Bonchev–Trinajstić information content (AvgIpc) is 2.92. The molecule has 0 radical (unpaired) electrons. The standard InChI is InChI=1S/C15H21BrN2/c1-10(11-2-5-13(16)6-3-11)18-8-12-4-7-15(17)14(12)9-18/h2-3,5-6,10,12,14-15H,4,7-9,17H2,1H3. The molecule has 4 unspecified atom stereocenters. The maximum Gasteiger partial charge on any atom is 0.0320 e. The summed E-state index contributed by atoms with van der Waals surface area (Å²) in [6.45, 7) is 4.73. The number of halogens is 1. The zero-order valence-electron chi connectivity index (χ0n) is 10.8. The van der Waals surface area contributed by atoms with Gasteiger partial charge in [0.1, 0.15) is 0 Å². The molecule has 1 heterocycles. The normalized spacial score (nSPS) is 33.6. The van der Waals surface area contributed by atoms with E-state index in [1.165, 1.54) is 31.5 Å². The molecule has 0 aromatic heterocycles. The van der Waals surface area contributed by atoms with E-state index in [-0.39, 0.29) is 0 Å². The molecular formula is C15H21BrN2. The monoisotopic (exact) mass is 308 g/mol. The predicted octanol–water partition coefficient (Wildman–Crippen LogP) is 3.18. The molecule has 2 N–H and O–H groups in total. The first kappa shape index (κ1) is 12.6. The van der Waals surface area contributed by atoms with Crippen LogP contribution in [0.3, 0.4) is 0 Å². The number of rotatable bonds is 2. The van der Waals surface area contributed by atoms with E-state index in [4.69, 9.17) is 5.73 Å². The van der Waals surface area contributed by atoms with Gasteiger partial charge in [0.05, 0.1) is 0 Å². The van der Waals surface area contributed by atoms with Gasteiger partial charge < -0.3 is 5.73 Å². The fraction of sp³-hybridized carbons (Fsp3) is 0.600. The van der Waals surface area contributed by atoms with Gasteiger partial charge in [-0.3, -0.25) is 4.90 Å². The number of benzene rings is 1. The summed E-state index contributed by atoms with van der Waals surface area (Å²) >= 11 is 3.50. The molecule has 3 heteroatoms. The summed E-state index contributed by atoms with van der Waals surface area (Å²) in [7, 11) is 0. The van der Waals surface area contributed by atoms with Crippen LogP contribution in [0.4, 0.5) is 0 Å². The smallest absolute Gasteiger partial charge is 0.0320 e. The van der Waals surface area contributed by atoms with Gasteiger partial charge >= 0.3 is 0 Å². The summed E-state index contributed by atoms with van der Waals surface area (Å²) in [4.78, 5) is 2.61. The van der Waals surface area contributed by atoms with Crippen molar-refractivity contribution in [1.82, 2.24) is 4.90 Å². The molecule has 0 amide bonds. The highest BCUT2D eigenvalue weighted by Gasteiger charge is 2.42. The quantitative estimate of drug-likeness (QED) is 0.909. The third kappa shape index (κ3) is 2.24. The Kier molecular flexibility index (Phi) is 3.48. The Morgan fingerprint density at radius 1 is 1.22 bits per heavy atom. The molecule has 0 bridgehead atoms. The highest BCUT2D eigenvalue weighted by molar-refractivity contribution is 9.10. The first-order valence-corrected chi connectivity index (χ1v) is 7.69. The molecule has 1 aromatic carbocycles. The van der Waals surface area contributed by atoms with Gasteiger partial charge in [-0.25, -0.2) is 0 Å². The maximum atomic E-state index is 6.21. The molecule has 4 atom stereocenters. The highest BCUT2D eigenvalue weighted by Crippen LogP contribution is 2.40. The minimum atomic E-state index is 0.442. The van der Waals surface area contributed by atoms with Crippen molar-refractivity contribution in [3.8, 4) is 0 Å². The molecule has 1 aromatic rings. The molecule has 3 rings (SSSR count). The molecule has 2 fully saturated rings. The predicted molar refractivity (Wildman–Crippen MR) is 78.3 cm³/mol. The molecule has 0 spiro atoms. The number of hydrogen-bond acceptors (Lipinski definition) is 2. The van der Waals surface area contributed by atoms with Gasteiger partial charge in [-0.05, 0) is 49.3 Å². The molecule has 18 heavy (non-hydrogen) atoms. The fourth-order valence-electron chi connectivity index (χ4n) is 3.61. The average molecular weight is 309 g/mol. The Morgan fingerprint density at radius 2 is 1.94 bits per heavy atom. The van der Waals surface area contributed by atoms with Crippen LogP contribution in [0.2, 0.25) is 0 Å². The zero-order valence-corrected chi connectivity index (χ0v) is 12.4. The van der Waals surface area contributed by atoms with E-state index in [1.807, 2.05) is 0 Å². The van der Waals surface area contributed by atoms with Gasteiger partial charge in [-0.2, -0.15) is 0 Å². The third-order valence-electron chi connectivity index (χ3n) is 4.84. The summed E-state index contributed by atoms with van der Waals surface area (Å²) in [5.41, 5.74) is 7.62. The molecule has 1 aliphatic heterocycles. The van der Waals surface area contributed by atoms with Crippen LogP contribution >= 0.6 is 15.9 Å². The Bertz CT molecular complexity index is 417. The lowest BCUT2D eigenvalue weighted by Crippen LogP contribution is -2.31. The van der Waals surface area contributed by atoms with Crippen molar-refractivity contribution in [2.45, 2.75) is 31.8 Å². The molecule has 98 valence electrons. The molecule has 1 saturated carbocycles. The Labute approximate surface area is 118 Å². The lowest BCUT2D eigenvalue weighted by atomic mass is 9.98. The maximum absolute atomic E-state index is 6.21. The summed E-state index contributed by atoms with van der Waals surface area (Å²) < 4.78 is 1.15. The summed E-state index contributed by atoms with van der Waals surface area (Å²) in [5.74, 6) is 1.58. The summed E-state index contributed by atoms with van der Waals surface area (Å²) in [6.07, 6.45) is 2.56. The van der Waals surface area contributed by atoms with Gasteiger partial charge in [0, 0.05) is 29.6 Å². The fourth-order valence-corrected chi connectivity index (χ4v) is 3.87. The van der Waals surface area contributed by atoms with Gasteiger partial charge in [-0.1, -0.05) is 28.1 Å². The van der Waals surface area contributed by atoms with Gasteiger partial charge in [0.15, 0.2) is 0 Å². The highest BCUT2D eigenvalue weighted by atomic mass is 79.9. The van der Waals surface area contributed by atoms with E-state index in [1.54, 1.807) is 0 Å². The van der Waals surface area contributed by atoms with Crippen molar-refractivity contribution in [2.75, 3.05) is 13.1 Å². The molecule has 2 aliphatic rings. The van der Waals surface area contributed by atoms with Crippen molar-refractivity contribution >= 4 is 15.9 Å². The summed E-state index contributed by atoms with van der Waals surface area (Å²) in [6, 6.07) is 9.67. The molecular weight excluding hydrogens is 288 g/mol. The summed E-state index contributed by atoms with van der Waals surface area (Å²) in [5, 5.41) is 0. The van der Waals surface area contributed by atoms with Crippen LogP contribution < -0.4 is 5.73 Å². The number of likely N-dealkylation sites (tertiary alicyclic amines) is 1. The number of fused-ring (bicyclic) bond motifs is 1. The van der Waals surface area contributed by atoms with Gasteiger partial charge in [0.25, 0.3) is 0 Å². The SMILES string of the molecule is CC(c1ccc(Br)cc1)N1CC2CCC(N)C2C1. The van der Waals surface area contributed by atoms with Crippen LogP contribution in [0.25, 0.3) is 0 Å². The minimum absolute atomic E-state index is 0.442. The second kappa shape index (κ2) is 4.95. The van der Waals surface area contributed by atoms with Crippen LogP contribution in [0.15, 0.2) is 28.7 Å². The van der Waals surface area contributed by atoms with Crippen molar-refractivity contribution in [3.63, 3.8) is 0 Å². The van der Waals surface area contributed by atoms with Crippen molar-refractivity contribution in [1.29, 1.82) is 0 Å². The Hall–Kier alpha value is -0.380. The van der Waals surface area contributed by atoms with Crippen LogP contribution in [0.5, 0.6) is 0 Å². The van der Waals surface area contributed by atoms with Gasteiger partial charge in [0.2, 0.25) is 0 Å². The number of nitrogens with two attached hydrogens (primary N) is 1. The molecule has 2 nitrogen and oxygen atoms in total. The number of nitrogens with zero attached hydrogens (tertiary/aromatic N) is 1. The van der Waals surface area contributed by atoms with E-state index >= 15 is 0 Å². The first-order valence-electron chi connectivity index (χ1n) is 6.90. The van der Waals surface area contributed by atoms with E-state index in [2.05, 4.69) is 52.0 Å². The minimum Gasteiger partial charge on any atom is -0.327 e. The second-order valence-corrected chi connectivity index (χ2v) is 6.76. The van der Waals surface area contributed by atoms with Crippen molar-refractivity contribution in [2.24, 2.45) is 17.6 Å². The second-order valence-electron chi connectivity index (χ2n) is 5.85. The van der Waals surface area contributed by atoms with E-state index in [0.29, 0.717) is 12.1 Å². The van der Waals surface area contributed by atoms with Crippen LogP contribution in [0.1, 0.15) is 31.4 Å². The van der Waals surface area contributed by atoms with Crippen molar-refractivity contribution in [3.05, 3.63) is 34.3 Å². The lowest BCUT2D eigenvalue weighted by Gasteiger charge is -2.26. The zero-order chi connectivity index (χ0) is 12.7. The van der Waals surface area contributed by atoms with Crippen LogP contribution in [-0.2, 0) is 0 Å². The Balaban J connectivity index is 1.71. The van der Waals surface area contributed by atoms with E-state index in [0.717, 1.165) is 16.3 Å². The van der Waals surface area contributed by atoms with Crippen LogP contribution in [0, 0.1) is 11.8 Å².